The Balaban J connectivity index is 2.74. The number of hydrogen-bond acceptors (Lipinski definition) is 7. The first-order valence-electron chi connectivity index (χ1n) is 8.51. The van der Waals surface area contributed by atoms with Gasteiger partial charge in [-0.05, 0) is 33.2 Å². The predicted molar refractivity (Wildman–Crippen MR) is 95.9 cm³/mol. The number of nitrogens with zero attached hydrogens (tertiary/aromatic N) is 1. The third-order valence-corrected chi connectivity index (χ3v) is 3.56. The van der Waals surface area contributed by atoms with E-state index in [2.05, 4.69) is 15.6 Å². The molecule has 150 valence electrons. The lowest BCUT2D eigenvalue weighted by Gasteiger charge is -2.18. The number of esters is 1. The van der Waals surface area contributed by atoms with Crippen molar-refractivity contribution in [2.24, 2.45) is 5.73 Å². The summed E-state index contributed by atoms with van der Waals surface area (Å²) in [6.07, 6.45) is 1.99. The minimum atomic E-state index is -0.921. The molecule has 0 aromatic carbocycles. The molecule has 0 aliphatic rings. The van der Waals surface area contributed by atoms with Crippen molar-refractivity contribution in [3.05, 3.63) is 32.6 Å². The van der Waals surface area contributed by atoms with Crippen molar-refractivity contribution in [3.8, 4) is 0 Å². The van der Waals surface area contributed by atoms with Crippen molar-refractivity contribution in [3.63, 3.8) is 0 Å². The number of nitrogens with one attached hydrogen (secondary N) is 3. The molecule has 2 amide bonds. The summed E-state index contributed by atoms with van der Waals surface area (Å²) >= 11 is 0. The Morgan fingerprint density at radius 2 is 2.04 bits per heavy atom. The molecule has 0 radical (unpaired) electrons. The Labute approximate surface area is 155 Å². The van der Waals surface area contributed by atoms with Crippen molar-refractivity contribution < 1.29 is 19.1 Å². The van der Waals surface area contributed by atoms with Gasteiger partial charge < -0.3 is 21.1 Å². The maximum atomic E-state index is 12.2. The summed E-state index contributed by atoms with van der Waals surface area (Å²) in [5.74, 6) is -1.75. The summed E-state index contributed by atoms with van der Waals surface area (Å²) in [5, 5.41) is 4.90. The Morgan fingerprint density at radius 3 is 2.67 bits per heavy atom. The zero-order valence-electron chi connectivity index (χ0n) is 15.4. The number of amides is 2. The van der Waals surface area contributed by atoms with Gasteiger partial charge in [-0.2, -0.15) is 0 Å². The first-order chi connectivity index (χ1) is 12.8. The molecule has 0 saturated carbocycles. The monoisotopic (exact) mass is 383 g/mol. The maximum absolute atomic E-state index is 12.2. The van der Waals surface area contributed by atoms with Gasteiger partial charge >= 0.3 is 11.7 Å². The quantitative estimate of drug-likeness (QED) is 0.331. The number of hydrogen-bond donors (Lipinski definition) is 4. The Hall–Kier alpha value is -2.95. The molecule has 11 heteroatoms. The van der Waals surface area contributed by atoms with Crippen LogP contribution in [0.1, 0.15) is 25.3 Å². The highest BCUT2D eigenvalue weighted by atomic mass is 16.5. The van der Waals surface area contributed by atoms with Gasteiger partial charge in [0.25, 0.3) is 5.56 Å². The third-order valence-electron chi connectivity index (χ3n) is 3.56. The molecule has 27 heavy (non-hydrogen) atoms. The minimum Gasteiger partial charge on any atom is -0.465 e. The second-order valence-electron chi connectivity index (χ2n) is 5.77. The molecule has 0 fully saturated rings. The average molecular weight is 383 g/mol. The van der Waals surface area contributed by atoms with Gasteiger partial charge in [-0.25, -0.2) is 4.79 Å². The molecule has 0 spiro atoms. The van der Waals surface area contributed by atoms with Gasteiger partial charge in [0.2, 0.25) is 11.8 Å². The molecular weight excluding hydrogens is 358 g/mol. The van der Waals surface area contributed by atoms with E-state index in [9.17, 15) is 24.0 Å². The van der Waals surface area contributed by atoms with Crippen LogP contribution < -0.4 is 27.6 Å². The summed E-state index contributed by atoms with van der Waals surface area (Å²) in [6.45, 7) is 2.95. The number of carbonyl (C=O) groups is 3. The van der Waals surface area contributed by atoms with Crippen molar-refractivity contribution in [2.45, 2.75) is 39.3 Å². The van der Waals surface area contributed by atoms with Crippen LogP contribution in [0.3, 0.4) is 0 Å². The highest BCUT2D eigenvalue weighted by molar-refractivity contribution is 5.89. The van der Waals surface area contributed by atoms with E-state index >= 15 is 0 Å². The largest absolute Gasteiger partial charge is 0.465 e. The summed E-state index contributed by atoms with van der Waals surface area (Å²) in [7, 11) is 0. The molecule has 5 N–H and O–H groups in total. The van der Waals surface area contributed by atoms with Gasteiger partial charge in [-0.15, -0.1) is 0 Å². The number of nitrogens with two attached hydrogens (primary N) is 1. The zero-order valence-corrected chi connectivity index (χ0v) is 15.4. The van der Waals surface area contributed by atoms with E-state index in [1.54, 1.807) is 6.92 Å². The molecule has 1 atom stereocenters. The Morgan fingerprint density at radius 1 is 1.33 bits per heavy atom. The van der Waals surface area contributed by atoms with Crippen molar-refractivity contribution in [1.82, 2.24) is 20.2 Å². The van der Waals surface area contributed by atoms with Crippen LogP contribution in [0.15, 0.2) is 15.8 Å². The molecule has 11 nitrogen and oxygen atoms in total. The minimum absolute atomic E-state index is 0.190. The van der Waals surface area contributed by atoms with Crippen LogP contribution >= 0.6 is 0 Å². The first-order valence-corrected chi connectivity index (χ1v) is 8.51. The summed E-state index contributed by atoms with van der Waals surface area (Å²) < 4.78 is 5.75. The maximum Gasteiger partial charge on any atom is 0.328 e. The molecule has 0 aliphatic heterocycles. The molecule has 0 aliphatic carbocycles. The number of carbonyl (C=O) groups excluding carboxylic acids is 3. The molecule has 0 unspecified atom stereocenters. The first kappa shape index (κ1) is 22.1. The van der Waals surface area contributed by atoms with Crippen LogP contribution in [0.2, 0.25) is 0 Å². The van der Waals surface area contributed by atoms with Crippen LogP contribution in [-0.2, 0) is 25.7 Å². The summed E-state index contributed by atoms with van der Waals surface area (Å²) in [6, 6.07) is -0.921. The molecule has 1 aromatic heterocycles. The predicted octanol–water partition coefficient (Wildman–Crippen LogP) is -2.25. The number of H-pyrrole nitrogens is 1. The van der Waals surface area contributed by atoms with Crippen LogP contribution in [0.25, 0.3) is 0 Å². The molecular formula is C16H25N5O6. The van der Waals surface area contributed by atoms with E-state index in [1.807, 2.05) is 0 Å². The van der Waals surface area contributed by atoms with Crippen LogP contribution in [0.5, 0.6) is 0 Å². The molecule has 0 bridgehead atoms. The lowest BCUT2D eigenvalue weighted by atomic mass is 10.1. The smallest absolute Gasteiger partial charge is 0.328 e. The number of aromatic nitrogens is 2. The molecule has 1 rings (SSSR count). The van der Waals surface area contributed by atoms with E-state index < -0.39 is 35.1 Å². The van der Waals surface area contributed by atoms with Gasteiger partial charge in [0.1, 0.15) is 19.1 Å². The fourth-order valence-electron chi connectivity index (χ4n) is 2.22. The fraction of sp³-hybridized carbons (Fsp3) is 0.562. The number of rotatable bonds is 10. The van der Waals surface area contributed by atoms with E-state index in [0.717, 1.165) is 4.57 Å². The lowest BCUT2D eigenvalue weighted by Crippen LogP contribution is -2.49. The number of aryl methyl sites for hydroxylation is 1. The third kappa shape index (κ3) is 7.44. The Kier molecular flexibility index (Phi) is 8.93. The van der Waals surface area contributed by atoms with Crippen LogP contribution in [0.4, 0.5) is 0 Å². The summed E-state index contributed by atoms with van der Waals surface area (Å²) in [5.41, 5.74) is 4.46. The number of ether oxygens (including phenoxy) is 1. The highest BCUT2D eigenvalue weighted by Gasteiger charge is 2.21. The van der Waals surface area contributed by atoms with Gasteiger partial charge in [0, 0.05) is 11.8 Å². The van der Waals surface area contributed by atoms with E-state index in [4.69, 9.17) is 10.5 Å². The van der Waals surface area contributed by atoms with Gasteiger partial charge in [0.15, 0.2) is 0 Å². The summed E-state index contributed by atoms with van der Waals surface area (Å²) in [4.78, 5) is 61.0. The molecule has 1 aromatic rings. The van der Waals surface area contributed by atoms with Crippen molar-refractivity contribution in [1.29, 1.82) is 0 Å². The highest BCUT2D eigenvalue weighted by Crippen LogP contribution is 1.98. The van der Waals surface area contributed by atoms with E-state index in [1.165, 1.54) is 13.1 Å². The van der Waals surface area contributed by atoms with E-state index in [-0.39, 0.29) is 31.7 Å². The Bertz CT molecular complexity index is 784. The number of aromatic amines is 1. The van der Waals surface area contributed by atoms with Crippen LogP contribution in [0, 0.1) is 6.92 Å². The average Bonchev–Trinajstić information content (AvgIpc) is 2.61. The van der Waals surface area contributed by atoms with Gasteiger partial charge in [-0.1, -0.05) is 0 Å². The second kappa shape index (κ2) is 10.9. The lowest BCUT2D eigenvalue weighted by molar-refractivity contribution is -0.143. The van der Waals surface area contributed by atoms with E-state index in [0.29, 0.717) is 13.0 Å². The molecule has 0 saturated heterocycles. The van der Waals surface area contributed by atoms with Gasteiger partial charge in [0.05, 0.1) is 6.61 Å². The topological polar surface area (TPSA) is 165 Å². The zero-order chi connectivity index (χ0) is 20.4. The second-order valence-corrected chi connectivity index (χ2v) is 5.77. The molecule has 1 heterocycles. The standard InChI is InChI=1S/C16H25N5O6/c1-3-27-13(23)7-18-15(25)11(5-4-6-17)19-12(22)9-21-8-10(2)14(24)20-16(21)26/h8,11H,3-7,9,17H2,1-2H3,(H,18,25)(H,19,22)(H,20,24,26)/t11-/m0/s1. The van der Waals surface area contributed by atoms with Crippen molar-refractivity contribution >= 4 is 17.8 Å². The van der Waals surface area contributed by atoms with Crippen LogP contribution in [-0.4, -0.2) is 53.1 Å². The fourth-order valence-corrected chi connectivity index (χ4v) is 2.22. The normalized spacial score (nSPS) is 11.5. The van der Waals surface area contributed by atoms with Crippen molar-refractivity contribution in [2.75, 3.05) is 19.7 Å². The van der Waals surface area contributed by atoms with Gasteiger partial charge in [-0.3, -0.25) is 28.7 Å². The SMILES string of the molecule is CCOC(=O)CNC(=O)[C@H](CCCN)NC(=O)Cn1cc(C)c(=O)[nH]c1=O.